The second kappa shape index (κ2) is 8.80. The number of unbranched alkanes of at least 4 members (excludes halogenated alkanes) is 1. The molecule has 0 saturated heterocycles. The maximum absolute atomic E-state index is 11.9. The molecular formula is C18H19Cl2NO2. The number of benzene rings is 2. The van der Waals surface area contributed by atoms with Gasteiger partial charge in [-0.15, -0.1) is 0 Å². The lowest BCUT2D eigenvalue weighted by molar-refractivity contribution is -0.118. The molecule has 3 nitrogen and oxygen atoms in total. The molecule has 2 aromatic carbocycles. The molecule has 0 atom stereocenters. The highest BCUT2D eigenvalue weighted by Gasteiger charge is 2.09. The van der Waals surface area contributed by atoms with Gasteiger partial charge in [-0.3, -0.25) is 4.79 Å². The average molecular weight is 352 g/mol. The zero-order valence-corrected chi connectivity index (χ0v) is 14.5. The van der Waals surface area contributed by atoms with Gasteiger partial charge in [0.25, 0.3) is 5.91 Å². The molecule has 0 spiro atoms. The van der Waals surface area contributed by atoms with E-state index in [0.29, 0.717) is 15.8 Å². The first kappa shape index (κ1) is 17.6. The molecule has 2 aromatic rings. The lowest BCUT2D eigenvalue weighted by atomic mass is 10.1. The van der Waals surface area contributed by atoms with Gasteiger partial charge in [-0.2, -0.15) is 0 Å². The lowest BCUT2D eigenvalue weighted by Crippen LogP contribution is -2.20. The molecule has 23 heavy (non-hydrogen) atoms. The van der Waals surface area contributed by atoms with Crippen LogP contribution < -0.4 is 10.1 Å². The number of anilines is 1. The highest BCUT2D eigenvalue weighted by atomic mass is 35.5. The summed E-state index contributed by atoms with van der Waals surface area (Å²) in [6, 6.07) is 12.9. The normalized spacial score (nSPS) is 10.4. The van der Waals surface area contributed by atoms with Crippen molar-refractivity contribution in [1.29, 1.82) is 0 Å². The average Bonchev–Trinajstić information content (AvgIpc) is 2.54. The number of hydrogen-bond acceptors (Lipinski definition) is 2. The van der Waals surface area contributed by atoms with Crippen LogP contribution in [0.1, 0.15) is 25.3 Å². The Balaban J connectivity index is 1.87. The van der Waals surface area contributed by atoms with Crippen LogP contribution in [0.5, 0.6) is 5.75 Å². The highest BCUT2D eigenvalue weighted by molar-refractivity contribution is 6.37. The van der Waals surface area contributed by atoms with Crippen LogP contribution in [-0.4, -0.2) is 12.5 Å². The molecule has 0 aliphatic carbocycles. The van der Waals surface area contributed by atoms with Crippen LogP contribution in [-0.2, 0) is 11.2 Å². The smallest absolute Gasteiger partial charge is 0.262 e. The molecule has 0 fully saturated rings. The van der Waals surface area contributed by atoms with E-state index in [2.05, 4.69) is 12.2 Å². The van der Waals surface area contributed by atoms with Crippen LogP contribution in [0.4, 0.5) is 5.69 Å². The SMILES string of the molecule is CCCCc1ccc(NC(=O)COc2c(Cl)cccc2Cl)cc1. The molecule has 122 valence electrons. The predicted octanol–water partition coefficient (Wildman–Crippen LogP) is 5.35. The van der Waals surface area contributed by atoms with Gasteiger partial charge in [0, 0.05) is 5.69 Å². The zero-order valence-electron chi connectivity index (χ0n) is 12.9. The number of amides is 1. The summed E-state index contributed by atoms with van der Waals surface area (Å²) >= 11 is 12.0. The first-order chi connectivity index (χ1) is 11.1. The number of para-hydroxylation sites is 1. The largest absolute Gasteiger partial charge is 0.481 e. The number of aryl methyl sites for hydroxylation is 1. The first-order valence-corrected chi connectivity index (χ1v) is 8.31. The fourth-order valence-corrected chi connectivity index (χ4v) is 2.60. The minimum absolute atomic E-state index is 0.152. The lowest BCUT2D eigenvalue weighted by Gasteiger charge is -2.10. The Morgan fingerprint density at radius 2 is 1.74 bits per heavy atom. The van der Waals surface area contributed by atoms with E-state index in [1.54, 1.807) is 18.2 Å². The third-order valence-electron chi connectivity index (χ3n) is 3.32. The molecule has 0 saturated carbocycles. The molecule has 1 amide bonds. The van der Waals surface area contributed by atoms with Gasteiger partial charge >= 0.3 is 0 Å². The summed E-state index contributed by atoms with van der Waals surface area (Å²) in [6.07, 6.45) is 3.39. The Kier molecular flexibility index (Phi) is 6.75. The van der Waals surface area contributed by atoms with Crippen LogP contribution in [0, 0.1) is 0 Å². The van der Waals surface area contributed by atoms with Crippen molar-refractivity contribution in [1.82, 2.24) is 0 Å². The van der Waals surface area contributed by atoms with Gasteiger partial charge in [0.1, 0.15) is 0 Å². The Morgan fingerprint density at radius 3 is 2.35 bits per heavy atom. The molecule has 0 aliphatic rings. The maximum Gasteiger partial charge on any atom is 0.262 e. The van der Waals surface area contributed by atoms with Gasteiger partial charge in [-0.05, 0) is 42.7 Å². The standard InChI is InChI=1S/C18H19Cl2NO2/c1-2-3-5-13-8-10-14(11-9-13)21-17(22)12-23-18-15(19)6-4-7-16(18)20/h4,6-11H,2-3,5,12H2,1H3,(H,21,22). The monoisotopic (exact) mass is 351 g/mol. The fourth-order valence-electron chi connectivity index (χ4n) is 2.09. The van der Waals surface area contributed by atoms with E-state index in [4.69, 9.17) is 27.9 Å². The van der Waals surface area contributed by atoms with Crippen LogP contribution in [0.25, 0.3) is 0 Å². The van der Waals surface area contributed by atoms with Crippen molar-refractivity contribution in [3.63, 3.8) is 0 Å². The van der Waals surface area contributed by atoms with Crippen molar-refractivity contribution in [2.75, 3.05) is 11.9 Å². The van der Waals surface area contributed by atoms with E-state index in [0.717, 1.165) is 18.5 Å². The van der Waals surface area contributed by atoms with E-state index < -0.39 is 0 Å². The second-order valence-electron chi connectivity index (χ2n) is 5.19. The number of halogens is 2. The second-order valence-corrected chi connectivity index (χ2v) is 6.00. The van der Waals surface area contributed by atoms with Crippen LogP contribution in [0.2, 0.25) is 10.0 Å². The molecule has 0 aromatic heterocycles. The highest BCUT2D eigenvalue weighted by Crippen LogP contribution is 2.32. The Labute approximate surface area is 146 Å². The summed E-state index contributed by atoms with van der Waals surface area (Å²) in [5.41, 5.74) is 2.01. The quantitative estimate of drug-likeness (QED) is 0.729. The summed E-state index contributed by atoms with van der Waals surface area (Å²) in [5.74, 6) is 0.0585. The van der Waals surface area contributed by atoms with Gasteiger partial charge in [0.2, 0.25) is 0 Å². The van der Waals surface area contributed by atoms with Crippen molar-refractivity contribution in [2.24, 2.45) is 0 Å². The van der Waals surface area contributed by atoms with Crippen molar-refractivity contribution in [3.05, 3.63) is 58.1 Å². The number of carbonyl (C=O) groups excluding carboxylic acids is 1. The number of carbonyl (C=O) groups is 1. The van der Waals surface area contributed by atoms with Crippen molar-refractivity contribution < 1.29 is 9.53 Å². The fraction of sp³-hybridized carbons (Fsp3) is 0.278. The zero-order chi connectivity index (χ0) is 16.7. The molecular weight excluding hydrogens is 333 g/mol. The molecule has 0 bridgehead atoms. The maximum atomic E-state index is 11.9. The van der Waals surface area contributed by atoms with E-state index in [-0.39, 0.29) is 12.5 Å². The summed E-state index contributed by atoms with van der Waals surface area (Å²) < 4.78 is 5.40. The predicted molar refractivity (Wildman–Crippen MR) is 95.6 cm³/mol. The molecule has 0 aliphatic heterocycles. The summed E-state index contributed by atoms with van der Waals surface area (Å²) in [4.78, 5) is 11.9. The van der Waals surface area contributed by atoms with E-state index >= 15 is 0 Å². The molecule has 0 radical (unpaired) electrons. The topological polar surface area (TPSA) is 38.3 Å². The summed E-state index contributed by atoms with van der Waals surface area (Å²) in [6.45, 7) is 2.01. The number of rotatable bonds is 7. The minimum atomic E-state index is -0.262. The number of nitrogens with one attached hydrogen (secondary N) is 1. The number of hydrogen-bond donors (Lipinski definition) is 1. The summed E-state index contributed by atoms with van der Waals surface area (Å²) in [7, 11) is 0. The minimum Gasteiger partial charge on any atom is -0.481 e. The van der Waals surface area contributed by atoms with Gasteiger partial charge in [0.05, 0.1) is 10.0 Å². The third-order valence-corrected chi connectivity index (χ3v) is 3.92. The summed E-state index contributed by atoms with van der Waals surface area (Å²) in [5, 5.41) is 3.54. The molecule has 1 N–H and O–H groups in total. The van der Waals surface area contributed by atoms with E-state index in [1.807, 2.05) is 24.3 Å². The number of ether oxygens (including phenoxy) is 1. The Hall–Kier alpha value is -1.71. The van der Waals surface area contributed by atoms with E-state index in [9.17, 15) is 4.79 Å². The molecule has 0 heterocycles. The van der Waals surface area contributed by atoms with Gasteiger partial charge in [-0.25, -0.2) is 0 Å². The molecule has 2 rings (SSSR count). The van der Waals surface area contributed by atoms with Gasteiger partial charge in [-0.1, -0.05) is 54.7 Å². The molecule has 0 unspecified atom stereocenters. The van der Waals surface area contributed by atoms with Crippen LogP contribution >= 0.6 is 23.2 Å². The van der Waals surface area contributed by atoms with Gasteiger partial charge < -0.3 is 10.1 Å². The first-order valence-electron chi connectivity index (χ1n) is 7.55. The van der Waals surface area contributed by atoms with Crippen molar-refractivity contribution in [2.45, 2.75) is 26.2 Å². The van der Waals surface area contributed by atoms with Crippen LogP contribution in [0.15, 0.2) is 42.5 Å². The molecule has 5 heteroatoms. The Morgan fingerprint density at radius 1 is 1.09 bits per heavy atom. The van der Waals surface area contributed by atoms with Crippen molar-refractivity contribution in [3.8, 4) is 5.75 Å². The van der Waals surface area contributed by atoms with E-state index in [1.165, 1.54) is 12.0 Å². The Bertz CT molecular complexity index is 636. The van der Waals surface area contributed by atoms with Crippen LogP contribution in [0.3, 0.4) is 0 Å². The third kappa shape index (κ3) is 5.45. The van der Waals surface area contributed by atoms with Crippen molar-refractivity contribution >= 4 is 34.8 Å². The van der Waals surface area contributed by atoms with Gasteiger partial charge in [0.15, 0.2) is 12.4 Å².